The Balaban J connectivity index is 2.16. The van der Waals surface area contributed by atoms with E-state index in [1.165, 1.54) is 14.2 Å². The maximum absolute atomic E-state index is 10.1. The van der Waals surface area contributed by atoms with Crippen molar-refractivity contribution in [3.05, 3.63) is 48.2 Å². The van der Waals surface area contributed by atoms with Gasteiger partial charge in [-0.3, -0.25) is 0 Å². The number of aromatic hydroxyl groups is 1. The molecule has 5 heteroatoms. The van der Waals surface area contributed by atoms with Gasteiger partial charge in [0.25, 0.3) is 0 Å². The van der Waals surface area contributed by atoms with Gasteiger partial charge in [-0.15, -0.1) is 0 Å². The van der Waals surface area contributed by atoms with Gasteiger partial charge in [0, 0.05) is 16.8 Å². The molecule has 0 aliphatic heterocycles. The minimum absolute atomic E-state index is 0.0207. The van der Waals surface area contributed by atoms with Crippen LogP contribution in [0.25, 0.3) is 22.6 Å². The molecule has 1 heterocycles. The van der Waals surface area contributed by atoms with Crippen LogP contribution in [0.15, 0.2) is 42.5 Å². The summed E-state index contributed by atoms with van der Waals surface area (Å²) in [5.41, 5.74) is 3.84. The molecule has 0 spiro atoms. The highest BCUT2D eigenvalue weighted by Gasteiger charge is 2.18. The first-order valence-corrected chi connectivity index (χ1v) is 8.15. The summed E-state index contributed by atoms with van der Waals surface area (Å²) in [5, 5.41) is 10.1. The fourth-order valence-corrected chi connectivity index (χ4v) is 2.79. The van der Waals surface area contributed by atoms with Crippen LogP contribution in [-0.2, 0) is 0 Å². The Morgan fingerprint density at radius 1 is 0.960 bits per heavy atom. The van der Waals surface area contributed by atoms with Crippen LogP contribution in [0.2, 0.25) is 0 Å². The van der Waals surface area contributed by atoms with Crippen molar-refractivity contribution in [1.82, 2.24) is 9.97 Å². The second kappa shape index (κ2) is 6.89. The average Bonchev–Trinajstić information content (AvgIpc) is 3.08. The average molecular weight is 338 g/mol. The van der Waals surface area contributed by atoms with Crippen LogP contribution in [0, 0.1) is 0 Å². The number of nitrogens with zero attached hydrogens (tertiary/aromatic N) is 1. The van der Waals surface area contributed by atoms with E-state index in [1.807, 2.05) is 30.3 Å². The Kier molecular flexibility index (Phi) is 4.65. The topological polar surface area (TPSA) is 67.4 Å². The summed E-state index contributed by atoms with van der Waals surface area (Å²) >= 11 is 0. The number of imidazole rings is 1. The zero-order chi connectivity index (χ0) is 18.0. The van der Waals surface area contributed by atoms with Crippen molar-refractivity contribution in [2.45, 2.75) is 19.8 Å². The predicted octanol–water partition coefficient (Wildman–Crippen LogP) is 4.59. The Bertz CT molecular complexity index is 845. The zero-order valence-electron chi connectivity index (χ0n) is 14.8. The van der Waals surface area contributed by atoms with Gasteiger partial charge in [-0.2, -0.15) is 0 Å². The normalized spacial score (nSPS) is 10.9. The van der Waals surface area contributed by atoms with Crippen LogP contribution in [0.5, 0.6) is 17.2 Å². The van der Waals surface area contributed by atoms with Crippen LogP contribution in [0.4, 0.5) is 0 Å². The number of hydrogen-bond acceptors (Lipinski definition) is 4. The van der Waals surface area contributed by atoms with Gasteiger partial charge in [0.15, 0.2) is 11.5 Å². The Hall–Kier alpha value is -2.95. The van der Waals surface area contributed by atoms with Gasteiger partial charge in [0.05, 0.1) is 19.9 Å². The van der Waals surface area contributed by atoms with Crippen molar-refractivity contribution >= 4 is 0 Å². The molecule has 1 aromatic heterocycles. The lowest BCUT2D eigenvalue weighted by molar-refractivity contribution is 0.340. The van der Waals surface area contributed by atoms with Gasteiger partial charge in [-0.1, -0.05) is 44.2 Å². The quantitative estimate of drug-likeness (QED) is 0.714. The number of methoxy groups -OCH3 is 2. The molecule has 130 valence electrons. The zero-order valence-corrected chi connectivity index (χ0v) is 14.8. The van der Waals surface area contributed by atoms with E-state index in [9.17, 15) is 5.11 Å². The van der Waals surface area contributed by atoms with Gasteiger partial charge < -0.3 is 19.6 Å². The number of phenols is 1. The van der Waals surface area contributed by atoms with Gasteiger partial charge >= 0.3 is 0 Å². The lowest BCUT2D eigenvalue weighted by Gasteiger charge is -2.10. The first kappa shape index (κ1) is 16.9. The summed E-state index contributed by atoms with van der Waals surface area (Å²) in [6, 6.07) is 13.6. The highest BCUT2D eigenvalue weighted by atomic mass is 16.5. The van der Waals surface area contributed by atoms with E-state index in [4.69, 9.17) is 14.5 Å². The van der Waals surface area contributed by atoms with Crippen molar-refractivity contribution < 1.29 is 14.6 Å². The minimum atomic E-state index is -0.0207. The number of H-pyrrole nitrogens is 1. The minimum Gasteiger partial charge on any atom is -0.502 e. The van der Waals surface area contributed by atoms with E-state index in [0.717, 1.165) is 22.5 Å². The van der Waals surface area contributed by atoms with E-state index in [2.05, 4.69) is 18.8 Å². The van der Waals surface area contributed by atoms with Crippen LogP contribution in [-0.4, -0.2) is 29.3 Å². The van der Waals surface area contributed by atoms with E-state index in [0.29, 0.717) is 17.3 Å². The molecule has 0 radical (unpaired) electrons. The molecule has 0 fully saturated rings. The number of rotatable bonds is 5. The Labute approximate surface area is 147 Å². The molecular weight excluding hydrogens is 316 g/mol. The molecule has 25 heavy (non-hydrogen) atoms. The lowest BCUT2D eigenvalue weighted by Crippen LogP contribution is -1.92. The fraction of sp³-hybridized carbons (Fsp3) is 0.250. The molecule has 2 aromatic carbocycles. The van der Waals surface area contributed by atoms with Crippen LogP contribution in [0.3, 0.4) is 0 Å². The van der Waals surface area contributed by atoms with Crippen molar-refractivity contribution in [3.8, 4) is 39.9 Å². The number of benzene rings is 2. The monoisotopic (exact) mass is 338 g/mol. The number of aromatic amines is 1. The fourth-order valence-electron chi connectivity index (χ4n) is 2.79. The molecule has 3 aromatic rings. The first-order chi connectivity index (χ1) is 12.0. The Morgan fingerprint density at radius 3 is 2.08 bits per heavy atom. The second-order valence-electron chi connectivity index (χ2n) is 6.10. The molecule has 0 atom stereocenters. The third-order valence-electron chi connectivity index (χ3n) is 4.11. The SMILES string of the molecule is COc1cc(-c2nc(-c3ccccc3)c(C(C)C)[nH]2)cc(OC)c1O. The first-order valence-electron chi connectivity index (χ1n) is 8.15. The largest absolute Gasteiger partial charge is 0.502 e. The molecule has 2 N–H and O–H groups in total. The van der Waals surface area contributed by atoms with Gasteiger partial charge in [0.1, 0.15) is 5.82 Å². The predicted molar refractivity (Wildman–Crippen MR) is 98.3 cm³/mol. The van der Waals surface area contributed by atoms with Crippen LogP contribution >= 0.6 is 0 Å². The third-order valence-corrected chi connectivity index (χ3v) is 4.11. The van der Waals surface area contributed by atoms with E-state index < -0.39 is 0 Å². The number of phenolic OH excluding ortho intramolecular Hbond substituents is 1. The molecule has 0 saturated carbocycles. The van der Waals surface area contributed by atoms with Crippen molar-refractivity contribution in [2.75, 3.05) is 14.2 Å². The Morgan fingerprint density at radius 2 is 1.56 bits per heavy atom. The van der Waals surface area contributed by atoms with Gasteiger partial charge in [0.2, 0.25) is 5.75 Å². The van der Waals surface area contributed by atoms with Crippen molar-refractivity contribution in [3.63, 3.8) is 0 Å². The van der Waals surface area contributed by atoms with Crippen molar-refractivity contribution in [1.29, 1.82) is 0 Å². The standard InChI is InChI=1S/C20H22N2O3/c1-12(2)17-18(13-8-6-5-7-9-13)22-20(21-17)14-10-15(24-3)19(23)16(11-14)25-4/h5-12,23H,1-4H3,(H,21,22). The molecule has 0 aliphatic rings. The highest BCUT2D eigenvalue weighted by molar-refractivity contribution is 5.71. The number of ether oxygens (including phenoxy) is 2. The molecule has 0 saturated heterocycles. The smallest absolute Gasteiger partial charge is 0.200 e. The van der Waals surface area contributed by atoms with E-state index >= 15 is 0 Å². The molecule has 0 bridgehead atoms. The second-order valence-corrected chi connectivity index (χ2v) is 6.10. The molecule has 5 nitrogen and oxygen atoms in total. The van der Waals surface area contributed by atoms with Gasteiger partial charge in [-0.25, -0.2) is 4.98 Å². The summed E-state index contributed by atoms with van der Waals surface area (Å²) in [5.74, 6) is 1.67. The van der Waals surface area contributed by atoms with E-state index in [1.54, 1.807) is 12.1 Å². The van der Waals surface area contributed by atoms with Crippen molar-refractivity contribution in [2.24, 2.45) is 0 Å². The maximum Gasteiger partial charge on any atom is 0.200 e. The summed E-state index contributed by atoms with van der Waals surface area (Å²) in [6.45, 7) is 4.25. The highest BCUT2D eigenvalue weighted by Crippen LogP contribution is 2.40. The summed E-state index contributed by atoms with van der Waals surface area (Å²) in [4.78, 5) is 8.22. The summed E-state index contributed by atoms with van der Waals surface area (Å²) in [7, 11) is 3.02. The number of hydrogen-bond donors (Lipinski definition) is 2. The van der Waals surface area contributed by atoms with Crippen LogP contribution < -0.4 is 9.47 Å². The number of nitrogens with one attached hydrogen (secondary N) is 1. The summed E-state index contributed by atoms with van der Waals surface area (Å²) < 4.78 is 10.5. The van der Waals surface area contributed by atoms with Crippen LogP contribution in [0.1, 0.15) is 25.5 Å². The van der Waals surface area contributed by atoms with Gasteiger partial charge in [-0.05, 0) is 18.1 Å². The molecule has 0 aliphatic carbocycles. The van der Waals surface area contributed by atoms with E-state index in [-0.39, 0.29) is 11.7 Å². The lowest BCUT2D eigenvalue weighted by atomic mass is 10.0. The number of aromatic nitrogens is 2. The third kappa shape index (κ3) is 3.18. The molecule has 3 rings (SSSR count). The molecule has 0 unspecified atom stereocenters. The summed E-state index contributed by atoms with van der Waals surface area (Å²) in [6.07, 6.45) is 0. The molecular formula is C20H22N2O3. The molecule has 0 amide bonds. The maximum atomic E-state index is 10.1.